The van der Waals surface area contributed by atoms with Crippen molar-refractivity contribution in [1.29, 1.82) is 0 Å². The highest BCUT2D eigenvalue weighted by Crippen LogP contribution is 2.36. The molecule has 0 spiro atoms. The number of hydrogen-bond acceptors (Lipinski definition) is 5. The van der Waals surface area contributed by atoms with Gasteiger partial charge in [0, 0.05) is 35.3 Å². The largest absolute Gasteiger partial charge is 0.376 e. The number of amides is 3. The van der Waals surface area contributed by atoms with Crippen molar-refractivity contribution in [2.75, 3.05) is 13.2 Å². The molecule has 0 saturated carbocycles. The molecule has 2 aliphatic heterocycles. The predicted molar refractivity (Wildman–Crippen MR) is 146 cm³/mol. The van der Waals surface area contributed by atoms with Crippen molar-refractivity contribution in [1.82, 2.24) is 14.8 Å². The van der Waals surface area contributed by atoms with Crippen LogP contribution in [0.25, 0.3) is 17.0 Å². The predicted octanol–water partition coefficient (Wildman–Crippen LogP) is 5.39. The van der Waals surface area contributed by atoms with E-state index in [2.05, 4.69) is 12.2 Å². The molecule has 1 N–H and O–H groups in total. The first-order valence-corrected chi connectivity index (χ1v) is 13.6. The standard InChI is InChI=1S/C28H28ClN3O4S/c1-2-18-8-5-10-22-20(15-31(26(18)22)17-25(33)30-14-21-9-6-12-36-21)13-24-27(34)32(28(35)37-24)16-19-7-3-4-11-23(19)29/h3-5,7-8,10-11,13,15,21H,2,6,9,12,14,16-17H2,1H3,(H,30,33)/b24-13-/t21-/m1/s1. The fraction of sp³-hybridized carbons (Fsp3) is 0.321. The van der Waals surface area contributed by atoms with Crippen LogP contribution in [0.1, 0.15) is 36.5 Å². The quantitative estimate of drug-likeness (QED) is 0.390. The highest BCUT2D eigenvalue weighted by molar-refractivity contribution is 8.18. The maximum Gasteiger partial charge on any atom is 0.293 e. The van der Waals surface area contributed by atoms with E-state index in [9.17, 15) is 14.4 Å². The molecule has 7 nitrogen and oxygen atoms in total. The second kappa shape index (κ2) is 11.1. The number of halogens is 1. The Morgan fingerprint density at radius 1 is 1.19 bits per heavy atom. The molecule has 2 fully saturated rings. The second-order valence-electron chi connectivity index (χ2n) is 9.18. The van der Waals surface area contributed by atoms with Crippen LogP contribution in [0.4, 0.5) is 4.79 Å². The molecule has 37 heavy (non-hydrogen) atoms. The highest BCUT2D eigenvalue weighted by atomic mass is 35.5. The van der Waals surface area contributed by atoms with Gasteiger partial charge in [-0.3, -0.25) is 19.3 Å². The molecule has 1 atom stereocenters. The number of thioether (sulfide) groups is 1. The van der Waals surface area contributed by atoms with Crippen molar-refractivity contribution in [3.8, 4) is 0 Å². The number of nitrogens with one attached hydrogen (secondary N) is 1. The Morgan fingerprint density at radius 2 is 2.00 bits per heavy atom. The Labute approximate surface area is 224 Å². The van der Waals surface area contributed by atoms with Gasteiger partial charge in [0.05, 0.1) is 23.1 Å². The minimum atomic E-state index is -0.350. The topological polar surface area (TPSA) is 80.6 Å². The van der Waals surface area contributed by atoms with Crippen molar-refractivity contribution in [3.05, 3.63) is 75.3 Å². The van der Waals surface area contributed by atoms with Gasteiger partial charge in [0.25, 0.3) is 11.1 Å². The van der Waals surface area contributed by atoms with Crippen LogP contribution in [0.5, 0.6) is 0 Å². The van der Waals surface area contributed by atoms with Gasteiger partial charge in [-0.2, -0.15) is 0 Å². The molecule has 192 valence electrons. The van der Waals surface area contributed by atoms with Crippen LogP contribution in [0.3, 0.4) is 0 Å². The summed E-state index contributed by atoms with van der Waals surface area (Å²) in [6.07, 6.45) is 6.50. The monoisotopic (exact) mass is 537 g/mol. The molecule has 0 radical (unpaired) electrons. The fourth-order valence-corrected chi connectivity index (χ4v) is 5.83. The van der Waals surface area contributed by atoms with Gasteiger partial charge >= 0.3 is 0 Å². The van der Waals surface area contributed by atoms with Crippen LogP contribution in [0.15, 0.2) is 53.6 Å². The number of para-hydroxylation sites is 1. The lowest BCUT2D eigenvalue weighted by atomic mass is 10.1. The number of carbonyl (C=O) groups is 3. The first kappa shape index (κ1) is 25.6. The molecule has 0 aliphatic carbocycles. The van der Waals surface area contributed by atoms with Crippen LogP contribution >= 0.6 is 23.4 Å². The summed E-state index contributed by atoms with van der Waals surface area (Å²) in [6.45, 7) is 3.60. The molecular weight excluding hydrogens is 510 g/mol. The number of fused-ring (bicyclic) bond motifs is 1. The van der Waals surface area contributed by atoms with E-state index in [1.54, 1.807) is 18.2 Å². The van der Waals surface area contributed by atoms with Gasteiger partial charge in [0.1, 0.15) is 6.54 Å². The molecular formula is C28H28ClN3O4S. The Balaban J connectivity index is 1.41. The third-order valence-corrected chi connectivity index (χ3v) is 7.98. The molecule has 2 aliphatic rings. The number of imide groups is 1. The van der Waals surface area contributed by atoms with E-state index in [1.165, 1.54) is 4.90 Å². The summed E-state index contributed by atoms with van der Waals surface area (Å²) in [5, 5.41) is 4.10. The summed E-state index contributed by atoms with van der Waals surface area (Å²) in [5.74, 6) is -0.443. The van der Waals surface area contributed by atoms with Crippen LogP contribution in [-0.2, 0) is 33.8 Å². The number of carbonyl (C=O) groups excluding carboxylic acids is 3. The molecule has 5 rings (SSSR count). The number of hydrogen-bond donors (Lipinski definition) is 1. The van der Waals surface area contributed by atoms with Crippen molar-refractivity contribution in [2.24, 2.45) is 0 Å². The van der Waals surface area contributed by atoms with E-state index in [-0.39, 0.29) is 36.2 Å². The molecule has 2 aromatic carbocycles. The number of aryl methyl sites for hydroxylation is 1. The smallest absolute Gasteiger partial charge is 0.293 e. The van der Waals surface area contributed by atoms with E-state index in [0.717, 1.165) is 59.7 Å². The van der Waals surface area contributed by atoms with Gasteiger partial charge in [-0.15, -0.1) is 0 Å². The SMILES string of the molecule is CCc1cccc2c(/C=C3\SC(=O)N(Cc4ccccc4Cl)C3=O)cn(CC(=O)NC[C@H]3CCCO3)c12. The summed E-state index contributed by atoms with van der Waals surface area (Å²) in [6, 6.07) is 13.2. The molecule has 1 aromatic heterocycles. The van der Waals surface area contributed by atoms with Crippen molar-refractivity contribution in [3.63, 3.8) is 0 Å². The van der Waals surface area contributed by atoms with E-state index < -0.39 is 0 Å². The molecule has 0 bridgehead atoms. The number of nitrogens with zero attached hydrogens (tertiary/aromatic N) is 2. The lowest BCUT2D eigenvalue weighted by Gasteiger charge is -2.13. The fourth-order valence-electron chi connectivity index (χ4n) is 4.81. The molecule has 3 aromatic rings. The van der Waals surface area contributed by atoms with Crippen LogP contribution < -0.4 is 5.32 Å². The molecule has 9 heteroatoms. The number of aromatic nitrogens is 1. The maximum absolute atomic E-state index is 13.2. The molecule has 0 unspecified atom stereocenters. The maximum atomic E-state index is 13.2. The average molecular weight is 538 g/mol. The third-order valence-electron chi connectivity index (χ3n) is 6.70. The van der Waals surface area contributed by atoms with E-state index in [4.69, 9.17) is 16.3 Å². The Hall–Kier alpha value is -3.07. The number of rotatable bonds is 8. The molecule has 3 heterocycles. The van der Waals surface area contributed by atoms with Gasteiger partial charge < -0.3 is 14.6 Å². The summed E-state index contributed by atoms with van der Waals surface area (Å²) >= 11 is 7.17. The minimum Gasteiger partial charge on any atom is -0.376 e. The molecule has 2 saturated heterocycles. The van der Waals surface area contributed by atoms with Gasteiger partial charge in [0.2, 0.25) is 5.91 Å². The number of benzene rings is 2. The molecule has 3 amide bonds. The summed E-state index contributed by atoms with van der Waals surface area (Å²) in [7, 11) is 0. The third kappa shape index (κ3) is 5.46. The van der Waals surface area contributed by atoms with Gasteiger partial charge in [0.15, 0.2) is 0 Å². The average Bonchev–Trinajstić information content (AvgIpc) is 3.60. The van der Waals surface area contributed by atoms with Crippen LogP contribution in [0, 0.1) is 0 Å². The Kier molecular flexibility index (Phi) is 7.69. The minimum absolute atomic E-state index is 0.0773. The zero-order chi connectivity index (χ0) is 25.9. The zero-order valence-corrected chi connectivity index (χ0v) is 22.1. The normalized spacial score (nSPS) is 18.9. The van der Waals surface area contributed by atoms with Gasteiger partial charge in [-0.05, 0) is 54.3 Å². The second-order valence-corrected chi connectivity index (χ2v) is 10.6. The van der Waals surface area contributed by atoms with Gasteiger partial charge in [-0.25, -0.2) is 0 Å². The van der Waals surface area contributed by atoms with Crippen LogP contribution in [-0.4, -0.2) is 45.8 Å². The Morgan fingerprint density at radius 3 is 2.76 bits per heavy atom. The lowest BCUT2D eigenvalue weighted by Crippen LogP contribution is -2.34. The van der Waals surface area contributed by atoms with E-state index >= 15 is 0 Å². The Bertz CT molecular complexity index is 1390. The van der Waals surface area contributed by atoms with Crippen molar-refractivity contribution < 1.29 is 19.1 Å². The first-order chi connectivity index (χ1) is 17.9. The summed E-state index contributed by atoms with van der Waals surface area (Å²) in [5.41, 5.74) is 3.57. The van der Waals surface area contributed by atoms with Crippen molar-refractivity contribution >= 4 is 57.4 Å². The zero-order valence-electron chi connectivity index (χ0n) is 20.5. The first-order valence-electron chi connectivity index (χ1n) is 12.4. The van der Waals surface area contributed by atoms with Crippen molar-refractivity contribution in [2.45, 2.75) is 45.4 Å². The summed E-state index contributed by atoms with van der Waals surface area (Å²) in [4.78, 5) is 40.2. The van der Waals surface area contributed by atoms with E-state index in [0.29, 0.717) is 22.0 Å². The summed E-state index contributed by atoms with van der Waals surface area (Å²) < 4.78 is 7.54. The van der Waals surface area contributed by atoms with Crippen LogP contribution in [0.2, 0.25) is 5.02 Å². The lowest BCUT2D eigenvalue weighted by molar-refractivity contribution is -0.123. The highest BCUT2D eigenvalue weighted by Gasteiger charge is 2.35. The number of ether oxygens (including phenoxy) is 1. The van der Waals surface area contributed by atoms with Gasteiger partial charge in [-0.1, -0.05) is 54.9 Å². The van der Waals surface area contributed by atoms with E-state index in [1.807, 2.05) is 41.1 Å².